The highest BCUT2D eigenvalue weighted by Gasteiger charge is 2.14. The van der Waals surface area contributed by atoms with Crippen LogP contribution in [-0.4, -0.2) is 22.7 Å². The Hall–Kier alpha value is -2.20. The summed E-state index contributed by atoms with van der Waals surface area (Å²) in [6.07, 6.45) is 2.77. The molecule has 0 aliphatic heterocycles. The number of carbonyl (C=O) groups excluding carboxylic acids is 1. The van der Waals surface area contributed by atoms with Crippen LogP contribution in [0, 0.1) is 0 Å². The summed E-state index contributed by atoms with van der Waals surface area (Å²) in [6, 6.07) is 17.4. The third kappa shape index (κ3) is 3.17. The summed E-state index contributed by atoms with van der Waals surface area (Å²) in [4.78, 5) is 15.5. The van der Waals surface area contributed by atoms with Gasteiger partial charge in [0.25, 0.3) is 5.91 Å². The van der Waals surface area contributed by atoms with Gasteiger partial charge in [-0.3, -0.25) is 4.79 Å². The van der Waals surface area contributed by atoms with Crippen LogP contribution in [0.4, 0.5) is 0 Å². The predicted octanol–water partition coefficient (Wildman–Crippen LogP) is 3.44. The minimum absolute atomic E-state index is 0.00440. The molecular weight excluding hydrogens is 292 g/mol. The number of carbonyl (C=O) groups is 1. The van der Waals surface area contributed by atoms with E-state index in [9.17, 15) is 4.79 Å². The molecule has 22 heavy (non-hydrogen) atoms. The molecule has 0 radical (unpaired) electrons. The number of rotatable bonds is 5. The summed E-state index contributed by atoms with van der Waals surface area (Å²) in [5.74, 6) is 0.539. The minimum Gasteiger partial charge on any atom is -0.361 e. The minimum atomic E-state index is -0.0560. The second-order valence-corrected chi connectivity index (χ2v) is 5.65. The molecule has 0 saturated carbocycles. The Morgan fingerprint density at radius 2 is 1.82 bits per heavy atom. The maximum Gasteiger partial charge on any atom is 0.251 e. The number of thiol groups is 1. The van der Waals surface area contributed by atoms with Crippen LogP contribution in [0.3, 0.4) is 0 Å². The summed E-state index contributed by atoms with van der Waals surface area (Å²) >= 11 is 4.38. The first-order chi connectivity index (χ1) is 10.8. The van der Waals surface area contributed by atoms with Gasteiger partial charge in [0.05, 0.1) is 0 Å². The molecule has 3 nitrogen and oxygen atoms in total. The first kappa shape index (κ1) is 14.7. The number of para-hydroxylation sites is 1. The monoisotopic (exact) mass is 310 g/mol. The van der Waals surface area contributed by atoms with Gasteiger partial charge in [0.2, 0.25) is 0 Å². The molecule has 0 bridgehead atoms. The number of aromatic amines is 1. The number of H-pyrrole nitrogens is 1. The van der Waals surface area contributed by atoms with Crippen LogP contribution in [0.25, 0.3) is 10.9 Å². The van der Waals surface area contributed by atoms with Crippen LogP contribution in [0.2, 0.25) is 0 Å². The highest BCUT2D eigenvalue weighted by atomic mass is 32.1. The first-order valence-corrected chi connectivity index (χ1v) is 7.93. The Bertz CT molecular complexity index is 767. The van der Waals surface area contributed by atoms with Crippen molar-refractivity contribution < 1.29 is 4.79 Å². The molecule has 112 valence electrons. The Morgan fingerprint density at radius 3 is 2.59 bits per heavy atom. The average Bonchev–Trinajstić information content (AvgIpc) is 2.98. The molecule has 3 aromatic rings. The Kier molecular flexibility index (Phi) is 4.49. The molecular formula is C18H18N2OS. The van der Waals surface area contributed by atoms with E-state index in [1.165, 1.54) is 10.9 Å². The van der Waals surface area contributed by atoms with Crippen molar-refractivity contribution >= 4 is 29.4 Å². The SMILES string of the molecule is O=C(N[C@@H](CS)Cc1c[nH]c2ccccc12)c1ccccc1. The second-order valence-electron chi connectivity index (χ2n) is 5.28. The quantitative estimate of drug-likeness (QED) is 0.621. The van der Waals surface area contributed by atoms with Gasteiger partial charge in [0.15, 0.2) is 0 Å². The molecule has 0 saturated heterocycles. The fraction of sp³-hybridized carbons (Fsp3) is 0.167. The normalized spacial score (nSPS) is 12.2. The third-order valence-corrected chi connectivity index (χ3v) is 4.17. The lowest BCUT2D eigenvalue weighted by Crippen LogP contribution is -2.37. The van der Waals surface area contributed by atoms with Crippen molar-refractivity contribution in [1.82, 2.24) is 10.3 Å². The van der Waals surface area contributed by atoms with Crippen molar-refractivity contribution in [1.29, 1.82) is 0 Å². The zero-order valence-electron chi connectivity index (χ0n) is 12.1. The van der Waals surface area contributed by atoms with Gasteiger partial charge in [-0.25, -0.2) is 0 Å². The van der Waals surface area contributed by atoms with Crippen molar-refractivity contribution in [3.8, 4) is 0 Å². The number of nitrogens with one attached hydrogen (secondary N) is 2. The maximum atomic E-state index is 12.3. The van der Waals surface area contributed by atoms with Gasteiger partial charge >= 0.3 is 0 Å². The molecule has 0 unspecified atom stereocenters. The zero-order valence-corrected chi connectivity index (χ0v) is 13.0. The fourth-order valence-electron chi connectivity index (χ4n) is 2.59. The molecule has 1 heterocycles. The third-order valence-electron chi connectivity index (χ3n) is 3.73. The number of hydrogen-bond acceptors (Lipinski definition) is 2. The van der Waals surface area contributed by atoms with Gasteiger partial charge < -0.3 is 10.3 Å². The van der Waals surface area contributed by atoms with Crippen LogP contribution in [0.15, 0.2) is 60.8 Å². The molecule has 1 amide bonds. The van der Waals surface area contributed by atoms with Gasteiger partial charge in [-0.1, -0.05) is 36.4 Å². The summed E-state index contributed by atoms with van der Waals surface area (Å²) in [5, 5.41) is 4.25. The highest BCUT2D eigenvalue weighted by molar-refractivity contribution is 7.80. The van der Waals surface area contributed by atoms with Crippen molar-refractivity contribution in [2.75, 3.05) is 5.75 Å². The number of hydrogen-bond donors (Lipinski definition) is 3. The number of fused-ring (bicyclic) bond motifs is 1. The number of amides is 1. The number of aromatic nitrogens is 1. The van der Waals surface area contributed by atoms with Crippen LogP contribution in [0.1, 0.15) is 15.9 Å². The topological polar surface area (TPSA) is 44.9 Å². The summed E-state index contributed by atoms with van der Waals surface area (Å²) < 4.78 is 0. The predicted molar refractivity (Wildman–Crippen MR) is 93.6 cm³/mol. The van der Waals surface area contributed by atoms with E-state index in [0.717, 1.165) is 11.9 Å². The standard InChI is InChI=1S/C18H18N2OS/c21-18(13-6-2-1-3-7-13)20-15(12-22)10-14-11-19-17-9-5-4-8-16(14)17/h1-9,11,15,19,22H,10,12H2,(H,20,21)/t15-/m1/s1. The molecule has 1 aromatic heterocycles. The zero-order chi connectivity index (χ0) is 15.4. The Balaban J connectivity index is 1.73. The molecule has 1 atom stereocenters. The van der Waals surface area contributed by atoms with Crippen LogP contribution in [-0.2, 0) is 6.42 Å². The van der Waals surface area contributed by atoms with E-state index < -0.39 is 0 Å². The smallest absolute Gasteiger partial charge is 0.251 e. The van der Waals surface area contributed by atoms with E-state index >= 15 is 0 Å². The van der Waals surface area contributed by atoms with Crippen molar-refractivity contribution in [2.45, 2.75) is 12.5 Å². The van der Waals surface area contributed by atoms with Gasteiger partial charge in [-0.2, -0.15) is 12.6 Å². The molecule has 3 rings (SSSR count). The van der Waals surface area contributed by atoms with Crippen molar-refractivity contribution in [3.63, 3.8) is 0 Å². The summed E-state index contributed by atoms with van der Waals surface area (Å²) in [6.45, 7) is 0. The van der Waals surface area contributed by atoms with Crippen LogP contribution < -0.4 is 5.32 Å². The molecule has 0 aliphatic rings. The van der Waals surface area contributed by atoms with E-state index in [1.54, 1.807) is 0 Å². The molecule has 2 aromatic carbocycles. The average molecular weight is 310 g/mol. The molecule has 0 aliphatic carbocycles. The highest BCUT2D eigenvalue weighted by Crippen LogP contribution is 2.19. The molecule has 0 fully saturated rings. The van der Waals surface area contributed by atoms with E-state index in [2.05, 4.69) is 35.1 Å². The van der Waals surface area contributed by atoms with E-state index in [0.29, 0.717) is 11.3 Å². The first-order valence-electron chi connectivity index (χ1n) is 7.29. The Morgan fingerprint density at radius 1 is 1.09 bits per heavy atom. The molecule has 2 N–H and O–H groups in total. The lowest BCUT2D eigenvalue weighted by molar-refractivity contribution is 0.0941. The van der Waals surface area contributed by atoms with Crippen molar-refractivity contribution in [3.05, 3.63) is 71.9 Å². The summed E-state index contributed by atoms with van der Waals surface area (Å²) in [7, 11) is 0. The molecule has 0 spiro atoms. The second kappa shape index (κ2) is 6.71. The lowest BCUT2D eigenvalue weighted by atomic mass is 10.1. The largest absolute Gasteiger partial charge is 0.361 e. The van der Waals surface area contributed by atoms with E-state index in [4.69, 9.17) is 0 Å². The van der Waals surface area contributed by atoms with Crippen LogP contribution >= 0.6 is 12.6 Å². The van der Waals surface area contributed by atoms with E-state index in [1.807, 2.05) is 48.7 Å². The lowest BCUT2D eigenvalue weighted by Gasteiger charge is -2.16. The number of benzene rings is 2. The van der Waals surface area contributed by atoms with Crippen LogP contribution in [0.5, 0.6) is 0 Å². The summed E-state index contributed by atoms with van der Waals surface area (Å²) in [5.41, 5.74) is 2.99. The van der Waals surface area contributed by atoms with E-state index in [-0.39, 0.29) is 11.9 Å². The Labute approximate surface area is 135 Å². The van der Waals surface area contributed by atoms with Crippen molar-refractivity contribution in [2.24, 2.45) is 0 Å². The molecule has 4 heteroatoms. The van der Waals surface area contributed by atoms with Gasteiger partial charge in [0.1, 0.15) is 0 Å². The van der Waals surface area contributed by atoms with Gasteiger partial charge in [-0.15, -0.1) is 0 Å². The maximum absolute atomic E-state index is 12.3. The van der Waals surface area contributed by atoms with Gasteiger partial charge in [-0.05, 0) is 30.2 Å². The fourth-order valence-corrected chi connectivity index (χ4v) is 2.81. The van der Waals surface area contributed by atoms with Gasteiger partial charge in [0, 0.05) is 34.5 Å².